The molecule has 2 rings (SSSR count). The van der Waals surface area contributed by atoms with Gasteiger partial charge < -0.3 is 10.6 Å². The summed E-state index contributed by atoms with van der Waals surface area (Å²) < 4.78 is 22.6. The van der Waals surface area contributed by atoms with E-state index in [1.54, 1.807) is 19.1 Å². The molecule has 6 heteroatoms. The molecule has 0 spiro atoms. The molecule has 4 N–H and O–H groups in total. The lowest BCUT2D eigenvalue weighted by Gasteiger charge is -2.29. The van der Waals surface area contributed by atoms with Crippen LogP contribution in [-0.2, 0) is 10.0 Å². The third-order valence-electron chi connectivity index (χ3n) is 2.65. The summed E-state index contributed by atoms with van der Waals surface area (Å²) in [5, 5.41) is 11.5. The number of nitrogens with two attached hydrogens (primary N) is 1. The minimum atomic E-state index is -3.64. The molecule has 5 nitrogen and oxygen atoms in total. The molecule has 0 atom stereocenters. The SMILES string of the molecule is Cc1ccc(NC2CNC2)cc1S(N)(=O)=O. The van der Waals surface area contributed by atoms with E-state index in [4.69, 9.17) is 5.14 Å². The van der Waals surface area contributed by atoms with Crippen LogP contribution in [-0.4, -0.2) is 27.5 Å². The lowest BCUT2D eigenvalue weighted by Crippen LogP contribution is -2.51. The molecule has 1 saturated heterocycles. The number of rotatable bonds is 3. The van der Waals surface area contributed by atoms with Crippen molar-refractivity contribution in [1.29, 1.82) is 0 Å². The fourth-order valence-electron chi connectivity index (χ4n) is 1.62. The van der Waals surface area contributed by atoms with Crippen LogP contribution in [0.1, 0.15) is 5.56 Å². The minimum Gasteiger partial charge on any atom is -0.380 e. The molecular formula is C10H15N3O2S. The fourth-order valence-corrected chi connectivity index (χ4v) is 2.43. The number of sulfonamides is 1. The number of benzene rings is 1. The zero-order valence-corrected chi connectivity index (χ0v) is 9.84. The van der Waals surface area contributed by atoms with Crippen molar-refractivity contribution >= 4 is 15.7 Å². The number of anilines is 1. The Kier molecular flexibility index (Phi) is 2.88. The van der Waals surface area contributed by atoms with Gasteiger partial charge in [-0.15, -0.1) is 0 Å². The van der Waals surface area contributed by atoms with E-state index in [1.165, 1.54) is 0 Å². The van der Waals surface area contributed by atoms with E-state index in [0.717, 1.165) is 18.8 Å². The highest BCUT2D eigenvalue weighted by atomic mass is 32.2. The summed E-state index contributed by atoms with van der Waals surface area (Å²) in [6.07, 6.45) is 0. The summed E-state index contributed by atoms with van der Waals surface area (Å²) in [4.78, 5) is 0.185. The van der Waals surface area contributed by atoms with Crippen molar-refractivity contribution in [1.82, 2.24) is 5.32 Å². The molecule has 0 aromatic heterocycles. The molecule has 1 fully saturated rings. The second-order valence-electron chi connectivity index (χ2n) is 4.02. The maximum Gasteiger partial charge on any atom is 0.238 e. The van der Waals surface area contributed by atoms with Crippen LogP contribution in [0.3, 0.4) is 0 Å². The minimum absolute atomic E-state index is 0.185. The van der Waals surface area contributed by atoms with Gasteiger partial charge in [0.15, 0.2) is 0 Å². The van der Waals surface area contributed by atoms with E-state index in [0.29, 0.717) is 11.6 Å². The van der Waals surface area contributed by atoms with Gasteiger partial charge in [0.05, 0.1) is 10.9 Å². The van der Waals surface area contributed by atoms with Crippen molar-refractivity contribution in [2.45, 2.75) is 17.9 Å². The highest BCUT2D eigenvalue weighted by Crippen LogP contribution is 2.19. The average Bonchev–Trinajstić information content (AvgIpc) is 2.12. The van der Waals surface area contributed by atoms with Crippen LogP contribution in [0.5, 0.6) is 0 Å². The van der Waals surface area contributed by atoms with Crippen molar-refractivity contribution < 1.29 is 8.42 Å². The lowest BCUT2D eigenvalue weighted by molar-refractivity contribution is 0.472. The number of aryl methyl sites for hydroxylation is 1. The Labute approximate surface area is 95.1 Å². The van der Waals surface area contributed by atoms with E-state index in [1.807, 2.05) is 6.07 Å². The van der Waals surface area contributed by atoms with Gasteiger partial charge in [-0.3, -0.25) is 0 Å². The van der Waals surface area contributed by atoms with Crippen molar-refractivity contribution in [2.24, 2.45) is 5.14 Å². The van der Waals surface area contributed by atoms with Crippen molar-refractivity contribution in [2.75, 3.05) is 18.4 Å². The van der Waals surface area contributed by atoms with Crippen LogP contribution < -0.4 is 15.8 Å². The van der Waals surface area contributed by atoms with Gasteiger partial charge in [0, 0.05) is 18.8 Å². The molecule has 0 radical (unpaired) electrons. The van der Waals surface area contributed by atoms with Crippen LogP contribution in [0.2, 0.25) is 0 Å². The second kappa shape index (κ2) is 4.04. The van der Waals surface area contributed by atoms with Crippen molar-refractivity contribution in [3.63, 3.8) is 0 Å². The zero-order valence-electron chi connectivity index (χ0n) is 9.03. The van der Waals surface area contributed by atoms with E-state index < -0.39 is 10.0 Å². The first-order valence-corrected chi connectivity index (χ1v) is 6.62. The standard InChI is InChI=1S/C10H15N3O2S/c1-7-2-3-8(13-9-5-12-6-9)4-10(7)16(11,14)15/h2-4,9,12-13H,5-6H2,1H3,(H2,11,14,15). The van der Waals surface area contributed by atoms with Crippen LogP contribution in [0.4, 0.5) is 5.69 Å². The smallest absolute Gasteiger partial charge is 0.238 e. The quantitative estimate of drug-likeness (QED) is 0.697. The van der Waals surface area contributed by atoms with Crippen molar-refractivity contribution in [3.05, 3.63) is 23.8 Å². The molecule has 0 aliphatic carbocycles. The Morgan fingerprint density at radius 2 is 2.12 bits per heavy atom. The van der Waals surface area contributed by atoms with Crippen LogP contribution >= 0.6 is 0 Å². The van der Waals surface area contributed by atoms with Gasteiger partial charge in [0.2, 0.25) is 10.0 Å². The third kappa shape index (κ3) is 2.34. The first kappa shape index (κ1) is 11.4. The van der Waals surface area contributed by atoms with E-state index >= 15 is 0 Å². The van der Waals surface area contributed by atoms with Crippen LogP contribution in [0.15, 0.2) is 23.1 Å². The monoisotopic (exact) mass is 241 g/mol. The molecule has 1 aliphatic heterocycles. The lowest BCUT2D eigenvalue weighted by atomic mass is 10.1. The number of nitrogens with one attached hydrogen (secondary N) is 2. The number of hydrogen-bond donors (Lipinski definition) is 3. The first-order chi connectivity index (χ1) is 7.47. The highest BCUT2D eigenvalue weighted by Gasteiger charge is 2.17. The maximum atomic E-state index is 11.3. The molecule has 16 heavy (non-hydrogen) atoms. The molecule has 1 aromatic rings. The molecule has 1 aromatic carbocycles. The molecule has 1 aliphatic rings. The zero-order chi connectivity index (χ0) is 11.8. The van der Waals surface area contributed by atoms with Gasteiger partial charge >= 0.3 is 0 Å². The largest absolute Gasteiger partial charge is 0.380 e. The van der Waals surface area contributed by atoms with Gasteiger partial charge in [0.25, 0.3) is 0 Å². The molecular weight excluding hydrogens is 226 g/mol. The fraction of sp³-hybridized carbons (Fsp3) is 0.400. The summed E-state index contributed by atoms with van der Waals surface area (Å²) in [5.41, 5.74) is 1.46. The normalized spacial score (nSPS) is 16.9. The third-order valence-corrected chi connectivity index (χ3v) is 3.70. The molecule has 0 bridgehead atoms. The maximum absolute atomic E-state index is 11.3. The predicted molar refractivity (Wildman–Crippen MR) is 62.8 cm³/mol. The topological polar surface area (TPSA) is 84.2 Å². The Morgan fingerprint density at radius 1 is 1.44 bits per heavy atom. The summed E-state index contributed by atoms with van der Waals surface area (Å²) >= 11 is 0. The Morgan fingerprint density at radius 3 is 2.62 bits per heavy atom. The number of hydrogen-bond acceptors (Lipinski definition) is 4. The average molecular weight is 241 g/mol. The molecule has 1 heterocycles. The Bertz CT molecular complexity index is 495. The van der Waals surface area contributed by atoms with Gasteiger partial charge in [0.1, 0.15) is 0 Å². The molecule has 0 saturated carbocycles. The van der Waals surface area contributed by atoms with E-state index in [-0.39, 0.29) is 4.90 Å². The van der Waals surface area contributed by atoms with Gasteiger partial charge in [-0.2, -0.15) is 0 Å². The summed E-state index contributed by atoms with van der Waals surface area (Å²) in [5.74, 6) is 0. The second-order valence-corrected chi connectivity index (χ2v) is 5.55. The van der Waals surface area contributed by atoms with E-state index in [9.17, 15) is 8.42 Å². The molecule has 0 amide bonds. The van der Waals surface area contributed by atoms with E-state index in [2.05, 4.69) is 10.6 Å². The van der Waals surface area contributed by atoms with Crippen LogP contribution in [0, 0.1) is 6.92 Å². The van der Waals surface area contributed by atoms with Gasteiger partial charge in [-0.05, 0) is 24.6 Å². The van der Waals surface area contributed by atoms with Gasteiger partial charge in [-0.1, -0.05) is 6.07 Å². The summed E-state index contributed by atoms with van der Waals surface area (Å²) in [6, 6.07) is 5.58. The molecule has 0 unspecified atom stereocenters. The molecule has 88 valence electrons. The number of primary sulfonamides is 1. The van der Waals surface area contributed by atoms with Crippen molar-refractivity contribution in [3.8, 4) is 0 Å². The Balaban J connectivity index is 2.27. The van der Waals surface area contributed by atoms with Gasteiger partial charge in [-0.25, -0.2) is 13.6 Å². The Hall–Kier alpha value is -1.11. The summed E-state index contributed by atoms with van der Waals surface area (Å²) in [7, 11) is -3.64. The van der Waals surface area contributed by atoms with Crippen LogP contribution in [0.25, 0.3) is 0 Å². The predicted octanol–water partition coefficient (Wildman–Crippen LogP) is 0.0261. The first-order valence-electron chi connectivity index (χ1n) is 5.07. The summed E-state index contributed by atoms with van der Waals surface area (Å²) in [6.45, 7) is 3.53. The highest BCUT2D eigenvalue weighted by molar-refractivity contribution is 7.89.